The molecule has 0 rings (SSSR count). The SMILES string of the molecule is CCCCCCCCCCCCCCC[C@@H](OC)[C@H](C)N. The number of nitrogens with two attached hydrogens (primary N) is 1. The van der Waals surface area contributed by atoms with E-state index in [1.54, 1.807) is 7.11 Å². The van der Waals surface area contributed by atoms with Gasteiger partial charge in [0.25, 0.3) is 0 Å². The van der Waals surface area contributed by atoms with Crippen LogP contribution in [0.4, 0.5) is 0 Å². The van der Waals surface area contributed by atoms with Crippen LogP contribution in [-0.2, 0) is 4.74 Å². The van der Waals surface area contributed by atoms with Crippen molar-refractivity contribution in [3.05, 3.63) is 0 Å². The Kier molecular flexibility index (Phi) is 16.2. The van der Waals surface area contributed by atoms with Gasteiger partial charge in [0.1, 0.15) is 0 Å². The molecule has 0 aromatic rings. The van der Waals surface area contributed by atoms with Crippen molar-refractivity contribution in [3.8, 4) is 0 Å². The molecule has 2 heteroatoms. The molecule has 2 atom stereocenters. The summed E-state index contributed by atoms with van der Waals surface area (Å²) in [5.74, 6) is 0. The second-order valence-corrected chi connectivity index (χ2v) is 6.66. The van der Waals surface area contributed by atoms with E-state index in [1.807, 2.05) is 6.92 Å². The Morgan fingerprint density at radius 3 is 1.43 bits per heavy atom. The first-order chi connectivity index (χ1) is 10.2. The van der Waals surface area contributed by atoms with E-state index in [0.29, 0.717) is 0 Å². The van der Waals surface area contributed by atoms with Gasteiger partial charge in [-0.3, -0.25) is 0 Å². The summed E-state index contributed by atoms with van der Waals surface area (Å²) >= 11 is 0. The number of rotatable bonds is 16. The zero-order chi connectivity index (χ0) is 15.8. The molecule has 0 heterocycles. The van der Waals surface area contributed by atoms with Crippen LogP contribution in [0.25, 0.3) is 0 Å². The zero-order valence-corrected chi connectivity index (χ0v) is 15.0. The normalized spacial score (nSPS) is 14.3. The van der Waals surface area contributed by atoms with E-state index in [-0.39, 0.29) is 12.1 Å². The van der Waals surface area contributed by atoms with Crippen LogP contribution in [0.5, 0.6) is 0 Å². The molecule has 0 aliphatic heterocycles. The summed E-state index contributed by atoms with van der Waals surface area (Å²) in [5.41, 5.74) is 5.87. The van der Waals surface area contributed by atoms with Crippen molar-refractivity contribution in [1.29, 1.82) is 0 Å². The number of hydrogen-bond acceptors (Lipinski definition) is 2. The summed E-state index contributed by atoms with van der Waals surface area (Å²) in [6.07, 6.45) is 19.6. The van der Waals surface area contributed by atoms with Crippen LogP contribution in [0.3, 0.4) is 0 Å². The lowest BCUT2D eigenvalue weighted by Crippen LogP contribution is -2.33. The van der Waals surface area contributed by atoms with Gasteiger partial charge in [0, 0.05) is 13.2 Å². The smallest absolute Gasteiger partial charge is 0.0719 e. The van der Waals surface area contributed by atoms with E-state index in [9.17, 15) is 0 Å². The minimum absolute atomic E-state index is 0.160. The Morgan fingerprint density at radius 1 is 0.714 bits per heavy atom. The van der Waals surface area contributed by atoms with Gasteiger partial charge in [-0.05, 0) is 13.3 Å². The highest BCUT2D eigenvalue weighted by Gasteiger charge is 2.11. The monoisotopic (exact) mass is 299 g/mol. The lowest BCUT2D eigenvalue weighted by atomic mass is 10.0. The van der Waals surface area contributed by atoms with Gasteiger partial charge in [-0.2, -0.15) is 0 Å². The molecular formula is C19H41NO. The molecule has 0 spiro atoms. The summed E-state index contributed by atoms with van der Waals surface area (Å²) < 4.78 is 5.39. The second kappa shape index (κ2) is 16.3. The summed E-state index contributed by atoms with van der Waals surface area (Å²) in [6, 6.07) is 0.160. The van der Waals surface area contributed by atoms with Crippen molar-refractivity contribution in [3.63, 3.8) is 0 Å². The number of unbranched alkanes of at least 4 members (excludes halogenated alkanes) is 12. The molecule has 0 aromatic carbocycles. The van der Waals surface area contributed by atoms with Gasteiger partial charge in [-0.25, -0.2) is 0 Å². The second-order valence-electron chi connectivity index (χ2n) is 6.66. The van der Waals surface area contributed by atoms with Gasteiger partial charge in [0.05, 0.1) is 6.10 Å². The summed E-state index contributed by atoms with van der Waals surface area (Å²) in [6.45, 7) is 4.32. The largest absolute Gasteiger partial charge is 0.380 e. The third kappa shape index (κ3) is 14.6. The Hall–Kier alpha value is -0.0800. The maximum absolute atomic E-state index is 5.87. The van der Waals surface area contributed by atoms with Gasteiger partial charge in [-0.15, -0.1) is 0 Å². The van der Waals surface area contributed by atoms with E-state index < -0.39 is 0 Å². The fraction of sp³-hybridized carbons (Fsp3) is 1.00. The maximum atomic E-state index is 5.87. The van der Waals surface area contributed by atoms with E-state index in [4.69, 9.17) is 10.5 Å². The highest BCUT2D eigenvalue weighted by Crippen LogP contribution is 2.14. The molecule has 2 nitrogen and oxygen atoms in total. The average Bonchev–Trinajstić information content (AvgIpc) is 2.47. The minimum atomic E-state index is 0.160. The quantitative estimate of drug-likeness (QED) is 0.364. The van der Waals surface area contributed by atoms with E-state index in [2.05, 4.69) is 6.92 Å². The van der Waals surface area contributed by atoms with Crippen LogP contribution in [0.15, 0.2) is 0 Å². The third-order valence-electron chi connectivity index (χ3n) is 4.48. The molecule has 0 radical (unpaired) electrons. The average molecular weight is 300 g/mol. The molecule has 0 saturated heterocycles. The third-order valence-corrected chi connectivity index (χ3v) is 4.48. The Balaban J connectivity index is 3.12. The molecule has 0 aromatic heterocycles. The van der Waals surface area contributed by atoms with E-state index >= 15 is 0 Å². The lowest BCUT2D eigenvalue weighted by molar-refractivity contribution is 0.0757. The van der Waals surface area contributed by atoms with Gasteiger partial charge in [0.2, 0.25) is 0 Å². The number of hydrogen-bond donors (Lipinski definition) is 1. The molecular weight excluding hydrogens is 258 g/mol. The molecule has 21 heavy (non-hydrogen) atoms. The topological polar surface area (TPSA) is 35.2 Å². The first-order valence-electron chi connectivity index (χ1n) is 9.50. The standard InChI is InChI=1S/C19H41NO/c1-4-5-6-7-8-9-10-11-12-13-14-15-16-17-19(21-3)18(2)20/h18-19H,4-17,20H2,1-3H3/t18-,19+/m0/s1. The van der Waals surface area contributed by atoms with Crippen LogP contribution < -0.4 is 5.73 Å². The molecule has 0 unspecified atom stereocenters. The molecule has 0 aliphatic rings. The molecule has 0 fully saturated rings. The molecule has 0 bridgehead atoms. The van der Waals surface area contributed by atoms with Gasteiger partial charge < -0.3 is 10.5 Å². The Bertz CT molecular complexity index is 194. The zero-order valence-electron chi connectivity index (χ0n) is 15.0. The van der Waals surface area contributed by atoms with Crippen LogP contribution in [0.1, 0.15) is 104 Å². The predicted molar refractivity (Wildman–Crippen MR) is 94.8 cm³/mol. The highest BCUT2D eigenvalue weighted by molar-refractivity contribution is 4.67. The highest BCUT2D eigenvalue weighted by atomic mass is 16.5. The minimum Gasteiger partial charge on any atom is -0.380 e. The van der Waals surface area contributed by atoms with Crippen molar-refractivity contribution in [2.75, 3.05) is 7.11 Å². The van der Waals surface area contributed by atoms with Crippen LogP contribution in [0, 0.1) is 0 Å². The van der Waals surface area contributed by atoms with Gasteiger partial charge in [-0.1, -0.05) is 90.4 Å². The van der Waals surface area contributed by atoms with Crippen molar-refractivity contribution >= 4 is 0 Å². The van der Waals surface area contributed by atoms with E-state index in [0.717, 1.165) is 6.42 Å². The van der Waals surface area contributed by atoms with Gasteiger partial charge >= 0.3 is 0 Å². The first-order valence-corrected chi connectivity index (χ1v) is 9.50. The summed E-state index contributed by atoms with van der Waals surface area (Å²) in [4.78, 5) is 0. The molecule has 0 aliphatic carbocycles. The molecule has 0 amide bonds. The van der Waals surface area contributed by atoms with Crippen LogP contribution in [0.2, 0.25) is 0 Å². The number of ether oxygens (including phenoxy) is 1. The summed E-state index contributed by atoms with van der Waals surface area (Å²) in [7, 11) is 1.77. The van der Waals surface area contributed by atoms with Crippen LogP contribution >= 0.6 is 0 Å². The lowest BCUT2D eigenvalue weighted by Gasteiger charge is -2.18. The van der Waals surface area contributed by atoms with Crippen molar-refractivity contribution in [2.45, 2.75) is 116 Å². The first kappa shape index (κ1) is 20.9. The van der Waals surface area contributed by atoms with Crippen molar-refractivity contribution in [1.82, 2.24) is 0 Å². The van der Waals surface area contributed by atoms with Crippen molar-refractivity contribution < 1.29 is 4.74 Å². The fourth-order valence-corrected chi connectivity index (χ4v) is 2.96. The fourth-order valence-electron chi connectivity index (χ4n) is 2.96. The predicted octanol–water partition coefficient (Wildman–Crippen LogP) is 5.83. The molecule has 2 N–H and O–H groups in total. The van der Waals surface area contributed by atoms with E-state index in [1.165, 1.54) is 83.5 Å². The number of methoxy groups -OCH3 is 1. The molecule has 128 valence electrons. The van der Waals surface area contributed by atoms with Crippen molar-refractivity contribution in [2.24, 2.45) is 5.73 Å². The Labute approximate surface area is 134 Å². The van der Waals surface area contributed by atoms with Gasteiger partial charge in [0.15, 0.2) is 0 Å². The Morgan fingerprint density at radius 2 is 1.10 bits per heavy atom. The maximum Gasteiger partial charge on any atom is 0.0719 e. The van der Waals surface area contributed by atoms with Crippen LogP contribution in [-0.4, -0.2) is 19.3 Å². The molecule has 0 saturated carbocycles. The summed E-state index contributed by atoms with van der Waals surface area (Å²) in [5, 5.41) is 0.